The number of aromatic nitrogens is 2. The minimum atomic E-state index is -1.16. The minimum absolute atomic E-state index is 0.218. The summed E-state index contributed by atoms with van der Waals surface area (Å²) >= 11 is 1.58. The Morgan fingerprint density at radius 1 is 1.11 bits per heavy atom. The number of nitrogens with one attached hydrogen (secondary N) is 1. The lowest BCUT2D eigenvalue weighted by Gasteiger charge is -2.43. The Balaban J connectivity index is 1.53. The first kappa shape index (κ1) is 24.0. The van der Waals surface area contributed by atoms with Crippen LogP contribution in [0.3, 0.4) is 0 Å². The second-order valence-corrected chi connectivity index (χ2v) is 10.8. The number of hydrogen-bond donors (Lipinski definition) is 1. The monoisotopic (exact) mass is 498 g/mol. The van der Waals surface area contributed by atoms with Crippen LogP contribution in [0.1, 0.15) is 53.9 Å². The molecule has 0 aliphatic carbocycles. The van der Waals surface area contributed by atoms with Gasteiger partial charge in [0.2, 0.25) is 5.91 Å². The van der Waals surface area contributed by atoms with Crippen molar-refractivity contribution in [1.29, 1.82) is 0 Å². The summed E-state index contributed by atoms with van der Waals surface area (Å²) in [6.45, 7) is 8.76. The number of carbonyl (C=O) groups is 2. The van der Waals surface area contributed by atoms with Crippen molar-refractivity contribution >= 4 is 28.8 Å². The Hall–Kier alpha value is -3.71. The molecule has 4 aromatic rings. The SMILES string of the molecule is Cc1cccc(CNC(=O)[C@@]2(C)Cn3nc(-c4cccs4)cc3C(=O)N2c2ccc(C(C)C)cc2)c1. The van der Waals surface area contributed by atoms with Gasteiger partial charge < -0.3 is 5.32 Å². The molecule has 7 heteroatoms. The van der Waals surface area contributed by atoms with Crippen molar-refractivity contribution in [3.05, 3.63) is 94.5 Å². The molecule has 0 radical (unpaired) electrons. The van der Waals surface area contributed by atoms with Crippen molar-refractivity contribution in [3.63, 3.8) is 0 Å². The molecule has 36 heavy (non-hydrogen) atoms. The average molecular weight is 499 g/mol. The number of nitrogens with zero attached hydrogens (tertiary/aromatic N) is 3. The maximum absolute atomic E-state index is 13.9. The maximum Gasteiger partial charge on any atom is 0.277 e. The fourth-order valence-corrected chi connectivity index (χ4v) is 5.42. The zero-order valence-electron chi connectivity index (χ0n) is 21.0. The third kappa shape index (κ3) is 4.35. The number of hydrogen-bond acceptors (Lipinski definition) is 4. The third-order valence-corrected chi connectivity index (χ3v) is 7.66. The summed E-state index contributed by atoms with van der Waals surface area (Å²) in [5, 5.41) is 9.78. The van der Waals surface area contributed by atoms with Gasteiger partial charge in [-0.15, -0.1) is 11.3 Å². The number of fused-ring (bicyclic) bond motifs is 1. The summed E-state index contributed by atoms with van der Waals surface area (Å²) in [6, 6.07) is 21.8. The molecule has 2 amide bonds. The fraction of sp³-hybridized carbons (Fsp3) is 0.276. The molecule has 0 spiro atoms. The predicted octanol–water partition coefficient (Wildman–Crippen LogP) is 5.78. The number of aryl methyl sites for hydroxylation is 1. The van der Waals surface area contributed by atoms with Gasteiger partial charge in [0.1, 0.15) is 16.9 Å². The van der Waals surface area contributed by atoms with Gasteiger partial charge in [0, 0.05) is 12.2 Å². The van der Waals surface area contributed by atoms with Crippen LogP contribution in [0.5, 0.6) is 0 Å². The molecular formula is C29H30N4O2S. The van der Waals surface area contributed by atoms with E-state index in [4.69, 9.17) is 5.10 Å². The number of benzene rings is 2. The van der Waals surface area contributed by atoms with Crippen molar-refractivity contribution in [1.82, 2.24) is 15.1 Å². The Morgan fingerprint density at radius 2 is 1.89 bits per heavy atom. The molecule has 184 valence electrons. The third-order valence-electron chi connectivity index (χ3n) is 6.77. The second kappa shape index (κ2) is 9.39. The van der Waals surface area contributed by atoms with Gasteiger partial charge in [0.15, 0.2) is 0 Å². The summed E-state index contributed by atoms with van der Waals surface area (Å²) in [5.41, 5.74) is 4.09. The summed E-state index contributed by atoms with van der Waals surface area (Å²) in [5.74, 6) is -0.0823. The first-order chi connectivity index (χ1) is 17.3. The van der Waals surface area contributed by atoms with Crippen molar-refractivity contribution in [2.75, 3.05) is 4.90 Å². The fourth-order valence-electron chi connectivity index (χ4n) is 4.73. The quantitative estimate of drug-likeness (QED) is 0.366. The summed E-state index contributed by atoms with van der Waals surface area (Å²) in [4.78, 5) is 30.4. The molecule has 0 saturated heterocycles. The van der Waals surface area contributed by atoms with Crippen LogP contribution in [-0.4, -0.2) is 27.1 Å². The number of carbonyl (C=O) groups excluding carboxylic acids is 2. The lowest BCUT2D eigenvalue weighted by Crippen LogP contribution is -2.64. The van der Waals surface area contributed by atoms with E-state index in [-0.39, 0.29) is 18.4 Å². The van der Waals surface area contributed by atoms with E-state index in [1.807, 2.05) is 79.9 Å². The number of amides is 2. The average Bonchev–Trinajstić information content (AvgIpc) is 3.53. The second-order valence-electron chi connectivity index (χ2n) is 9.88. The topological polar surface area (TPSA) is 67.2 Å². The highest BCUT2D eigenvalue weighted by Gasteiger charge is 2.48. The molecule has 1 aliphatic rings. The van der Waals surface area contributed by atoms with Gasteiger partial charge in [0.05, 0.1) is 11.4 Å². The summed E-state index contributed by atoms with van der Waals surface area (Å²) < 4.78 is 1.68. The Bertz CT molecular complexity index is 1410. The molecule has 2 aromatic carbocycles. The molecule has 5 rings (SSSR count). The standard InChI is InChI=1S/C29H30N4O2S/c1-19(2)22-10-12-23(13-11-22)33-27(34)25-16-24(26-9-6-14-36-26)31-32(25)18-29(33,4)28(35)30-17-21-8-5-7-20(3)15-21/h5-16,19H,17-18H2,1-4H3,(H,30,35)/t29-/m1/s1. The molecule has 2 aromatic heterocycles. The molecule has 6 nitrogen and oxygen atoms in total. The zero-order valence-corrected chi connectivity index (χ0v) is 21.8. The van der Waals surface area contributed by atoms with Crippen LogP contribution in [-0.2, 0) is 17.9 Å². The van der Waals surface area contributed by atoms with Gasteiger partial charge in [-0.05, 0) is 60.5 Å². The number of anilines is 1. The van der Waals surface area contributed by atoms with E-state index in [1.54, 1.807) is 20.9 Å². The first-order valence-electron chi connectivity index (χ1n) is 12.2. The van der Waals surface area contributed by atoms with E-state index in [0.717, 1.165) is 21.7 Å². The van der Waals surface area contributed by atoms with Gasteiger partial charge in [-0.1, -0.05) is 61.9 Å². The van der Waals surface area contributed by atoms with Crippen molar-refractivity contribution in [2.45, 2.75) is 52.2 Å². The normalized spacial score (nSPS) is 17.4. The first-order valence-corrected chi connectivity index (χ1v) is 13.0. The van der Waals surface area contributed by atoms with E-state index in [9.17, 15) is 9.59 Å². The van der Waals surface area contributed by atoms with E-state index in [0.29, 0.717) is 23.8 Å². The largest absolute Gasteiger partial charge is 0.350 e. The van der Waals surface area contributed by atoms with Crippen LogP contribution < -0.4 is 10.2 Å². The molecule has 1 atom stereocenters. The number of thiophene rings is 1. The molecule has 3 heterocycles. The molecule has 0 fully saturated rings. The van der Waals surface area contributed by atoms with Crippen LogP contribution in [0.4, 0.5) is 5.69 Å². The van der Waals surface area contributed by atoms with E-state index in [2.05, 4.69) is 25.2 Å². The molecular weight excluding hydrogens is 468 g/mol. The van der Waals surface area contributed by atoms with Crippen LogP contribution in [0.15, 0.2) is 72.1 Å². The van der Waals surface area contributed by atoms with Crippen LogP contribution in [0.25, 0.3) is 10.6 Å². The molecule has 1 aliphatic heterocycles. The Labute approximate surface area is 215 Å². The van der Waals surface area contributed by atoms with E-state index >= 15 is 0 Å². The van der Waals surface area contributed by atoms with Crippen LogP contribution in [0, 0.1) is 6.92 Å². The van der Waals surface area contributed by atoms with Crippen molar-refractivity contribution in [3.8, 4) is 10.6 Å². The molecule has 0 unspecified atom stereocenters. The van der Waals surface area contributed by atoms with Crippen LogP contribution >= 0.6 is 11.3 Å². The Kier molecular flexibility index (Phi) is 6.26. The van der Waals surface area contributed by atoms with Gasteiger partial charge in [-0.25, -0.2) is 0 Å². The highest BCUT2D eigenvalue weighted by atomic mass is 32.1. The van der Waals surface area contributed by atoms with Crippen molar-refractivity contribution < 1.29 is 9.59 Å². The molecule has 1 N–H and O–H groups in total. The lowest BCUT2D eigenvalue weighted by molar-refractivity contribution is -0.126. The van der Waals surface area contributed by atoms with Gasteiger partial charge in [0.25, 0.3) is 5.91 Å². The molecule has 0 saturated carbocycles. The van der Waals surface area contributed by atoms with E-state index < -0.39 is 5.54 Å². The highest BCUT2D eigenvalue weighted by Crippen LogP contribution is 2.35. The lowest BCUT2D eigenvalue weighted by atomic mass is 9.93. The molecule has 0 bridgehead atoms. The highest BCUT2D eigenvalue weighted by molar-refractivity contribution is 7.13. The van der Waals surface area contributed by atoms with Crippen molar-refractivity contribution in [2.24, 2.45) is 0 Å². The minimum Gasteiger partial charge on any atom is -0.350 e. The summed E-state index contributed by atoms with van der Waals surface area (Å²) in [7, 11) is 0. The number of rotatable bonds is 6. The smallest absolute Gasteiger partial charge is 0.277 e. The van der Waals surface area contributed by atoms with Gasteiger partial charge in [-0.3, -0.25) is 19.2 Å². The maximum atomic E-state index is 13.9. The van der Waals surface area contributed by atoms with Crippen LogP contribution in [0.2, 0.25) is 0 Å². The zero-order chi connectivity index (χ0) is 25.4. The van der Waals surface area contributed by atoms with Gasteiger partial charge >= 0.3 is 0 Å². The predicted molar refractivity (Wildman–Crippen MR) is 144 cm³/mol. The van der Waals surface area contributed by atoms with Gasteiger partial charge in [-0.2, -0.15) is 5.10 Å². The Morgan fingerprint density at radius 3 is 2.56 bits per heavy atom. The van der Waals surface area contributed by atoms with E-state index in [1.165, 1.54) is 5.56 Å². The summed E-state index contributed by atoms with van der Waals surface area (Å²) in [6.07, 6.45) is 0.